The summed E-state index contributed by atoms with van der Waals surface area (Å²) in [5, 5.41) is 9.57. The maximum Gasteiger partial charge on any atom is 0.335 e. The van der Waals surface area contributed by atoms with Crippen LogP contribution in [0.15, 0.2) is 40.7 Å². The van der Waals surface area contributed by atoms with Crippen LogP contribution in [-0.4, -0.2) is 40.7 Å². The molecule has 0 fully saturated rings. The van der Waals surface area contributed by atoms with Gasteiger partial charge in [0.25, 0.3) is 0 Å². The number of aromatic carboxylic acids is 1. The highest BCUT2D eigenvalue weighted by Crippen LogP contribution is 2.50. The van der Waals surface area contributed by atoms with Crippen LogP contribution in [0.3, 0.4) is 0 Å². The van der Waals surface area contributed by atoms with Crippen molar-refractivity contribution in [3.63, 3.8) is 0 Å². The molecule has 1 aromatic carbocycles. The Kier molecular flexibility index (Phi) is 5.50. The van der Waals surface area contributed by atoms with Crippen molar-refractivity contribution in [1.29, 1.82) is 0 Å². The van der Waals surface area contributed by atoms with E-state index in [1.54, 1.807) is 12.1 Å². The van der Waals surface area contributed by atoms with E-state index in [-0.39, 0.29) is 17.1 Å². The molecule has 2 aliphatic carbocycles. The fraction of sp³-hybridized carbons (Fsp3) is 0.458. The van der Waals surface area contributed by atoms with Gasteiger partial charge in [0.2, 0.25) is 0 Å². The topological polar surface area (TPSA) is 83.9 Å². The predicted octanol–water partition coefficient (Wildman–Crippen LogP) is 4.22. The predicted molar refractivity (Wildman–Crippen MR) is 111 cm³/mol. The van der Waals surface area contributed by atoms with Crippen LogP contribution in [0, 0.1) is 0 Å². The van der Waals surface area contributed by atoms with Gasteiger partial charge in [-0.1, -0.05) is 0 Å². The van der Waals surface area contributed by atoms with Gasteiger partial charge in [0.15, 0.2) is 11.6 Å². The normalized spacial score (nSPS) is 19.7. The Morgan fingerprint density at radius 3 is 2.13 bits per heavy atom. The molecule has 0 atom stereocenters. The Balaban J connectivity index is 2.01. The van der Waals surface area contributed by atoms with E-state index in [4.69, 9.17) is 4.74 Å². The lowest BCUT2D eigenvalue weighted by Crippen LogP contribution is -2.39. The van der Waals surface area contributed by atoms with E-state index in [2.05, 4.69) is 4.90 Å². The highest BCUT2D eigenvalue weighted by atomic mass is 16.5. The summed E-state index contributed by atoms with van der Waals surface area (Å²) in [4.78, 5) is 40.2. The van der Waals surface area contributed by atoms with Gasteiger partial charge in [0, 0.05) is 53.4 Å². The first-order chi connectivity index (χ1) is 14.5. The molecule has 158 valence electrons. The van der Waals surface area contributed by atoms with Crippen LogP contribution in [0.5, 0.6) is 5.75 Å². The third-order valence-corrected chi connectivity index (χ3v) is 6.27. The molecule has 1 aliphatic heterocycles. The SMILES string of the molecule is CCOc1ccc(C(=O)O)cc1C1C2=C(CCCC2=O)N(CC)C2=C1C(=O)CCC2. The molecule has 0 aromatic heterocycles. The molecule has 1 aromatic rings. The molecule has 1 N–H and O–H groups in total. The Labute approximate surface area is 176 Å². The smallest absolute Gasteiger partial charge is 0.335 e. The van der Waals surface area contributed by atoms with Crippen LogP contribution < -0.4 is 4.74 Å². The molecule has 3 aliphatic rings. The average Bonchev–Trinajstić information content (AvgIpc) is 2.73. The van der Waals surface area contributed by atoms with Crippen LogP contribution in [0.1, 0.15) is 74.2 Å². The fourth-order valence-electron chi connectivity index (χ4n) is 5.10. The minimum Gasteiger partial charge on any atom is -0.494 e. The van der Waals surface area contributed by atoms with Crippen molar-refractivity contribution < 1.29 is 24.2 Å². The lowest BCUT2D eigenvalue weighted by Gasteiger charge is -2.43. The molecule has 6 nitrogen and oxygen atoms in total. The van der Waals surface area contributed by atoms with Crippen molar-refractivity contribution in [1.82, 2.24) is 4.90 Å². The number of allylic oxidation sites excluding steroid dienone is 4. The summed E-state index contributed by atoms with van der Waals surface area (Å²) in [6, 6.07) is 4.74. The molecule has 0 saturated heterocycles. The van der Waals surface area contributed by atoms with Crippen LogP contribution in [0.4, 0.5) is 0 Å². The first-order valence-electron chi connectivity index (χ1n) is 10.8. The summed E-state index contributed by atoms with van der Waals surface area (Å²) in [6.45, 7) is 5.03. The molecular weight excluding hydrogens is 382 g/mol. The first kappa shape index (κ1) is 20.4. The second-order valence-corrected chi connectivity index (χ2v) is 7.94. The molecule has 0 saturated carbocycles. The number of ketones is 2. The van der Waals surface area contributed by atoms with E-state index in [1.807, 2.05) is 13.8 Å². The van der Waals surface area contributed by atoms with E-state index in [1.165, 1.54) is 6.07 Å². The maximum absolute atomic E-state index is 13.2. The third-order valence-electron chi connectivity index (χ3n) is 6.27. The number of nitrogens with zero attached hydrogens (tertiary/aromatic N) is 1. The minimum atomic E-state index is -1.04. The Bertz CT molecular complexity index is 943. The van der Waals surface area contributed by atoms with Gasteiger partial charge in [0.1, 0.15) is 5.75 Å². The van der Waals surface area contributed by atoms with Gasteiger partial charge in [-0.05, 0) is 57.7 Å². The fourth-order valence-corrected chi connectivity index (χ4v) is 5.10. The van der Waals surface area contributed by atoms with E-state index in [0.717, 1.165) is 37.1 Å². The molecule has 6 heteroatoms. The lowest BCUT2D eigenvalue weighted by molar-refractivity contribution is -0.117. The number of hydrogen-bond donors (Lipinski definition) is 1. The van der Waals surface area contributed by atoms with Gasteiger partial charge in [-0.3, -0.25) is 9.59 Å². The number of carboxylic acids is 1. The van der Waals surface area contributed by atoms with Crippen molar-refractivity contribution in [2.45, 2.75) is 58.3 Å². The lowest BCUT2D eigenvalue weighted by atomic mass is 9.70. The minimum absolute atomic E-state index is 0.0489. The Hall–Kier alpha value is -2.89. The summed E-state index contributed by atoms with van der Waals surface area (Å²) >= 11 is 0. The maximum atomic E-state index is 13.2. The number of hydrogen-bond acceptors (Lipinski definition) is 5. The Morgan fingerprint density at radius 2 is 1.63 bits per heavy atom. The van der Waals surface area contributed by atoms with Crippen molar-refractivity contribution in [2.75, 3.05) is 13.2 Å². The second kappa shape index (κ2) is 8.09. The van der Waals surface area contributed by atoms with Crippen LogP contribution in [-0.2, 0) is 9.59 Å². The number of carboxylic acid groups (broad SMARTS) is 1. The second-order valence-electron chi connectivity index (χ2n) is 7.94. The number of Topliss-reactive ketones (excluding diaryl/α,β-unsaturated/α-hetero) is 2. The molecule has 1 heterocycles. The summed E-state index contributed by atoms with van der Waals surface area (Å²) in [5.41, 5.74) is 4.03. The summed E-state index contributed by atoms with van der Waals surface area (Å²) in [5.74, 6) is -0.966. The molecule has 0 amide bonds. The summed E-state index contributed by atoms with van der Waals surface area (Å²) < 4.78 is 5.83. The van der Waals surface area contributed by atoms with Gasteiger partial charge in [-0.2, -0.15) is 0 Å². The van der Waals surface area contributed by atoms with Gasteiger partial charge in [-0.15, -0.1) is 0 Å². The standard InChI is InChI=1S/C24H27NO5/c1-3-25-16-7-5-9-18(26)22(16)21(23-17(25)8-6-10-19(23)27)15-13-14(24(28)29)11-12-20(15)30-4-2/h11-13,21H,3-10H2,1-2H3,(H,28,29). The first-order valence-corrected chi connectivity index (χ1v) is 10.8. The monoisotopic (exact) mass is 409 g/mol. The van der Waals surface area contributed by atoms with Gasteiger partial charge in [-0.25, -0.2) is 4.79 Å². The molecule has 0 bridgehead atoms. The van der Waals surface area contributed by atoms with Crippen molar-refractivity contribution in [3.05, 3.63) is 51.9 Å². The van der Waals surface area contributed by atoms with E-state index in [0.29, 0.717) is 48.5 Å². The highest BCUT2D eigenvalue weighted by Gasteiger charge is 2.43. The zero-order valence-corrected chi connectivity index (χ0v) is 17.5. The third kappa shape index (κ3) is 3.24. The largest absolute Gasteiger partial charge is 0.494 e. The quantitative estimate of drug-likeness (QED) is 0.784. The van der Waals surface area contributed by atoms with Crippen LogP contribution in [0.25, 0.3) is 0 Å². The molecule has 0 radical (unpaired) electrons. The van der Waals surface area contributed by atoms with Crippen molar-refractivity contribution >= 4 is 17.5 Å². The zero-order valence-electron chi connectivity index (χ0n) is 17.5. The van der Waals surface area contributed by atoms with Crippen molar-refractivity contribution in [2.24, 2.45) is 0 Å². The number of benzene rings is 1. The zero-order chi connectivity index (χ0) is 21.4. The van der Waals surface area contributed by atoms with Gasteiger partial charge < -0.3 is 14.7 Å². The number of rotatable bonds is 5. The molecular formula is C24H27NO5. The van der Waals surface area contributed by atoms with Gasteiger partial charge >= 0.3 is 5.97 Å². The number of carbonyl (C=O) groups is 3. The number of ether oxygens (including phenoxy) is 1. The van der Waals surface area contributed by atoms with E-state index in [9.17, 15) is 19.5 Å². The highest BCUT2D eigenvalue weighted by molar-refractivity contribution is 6.06. The van der Waals surface area contributed by atoms with Crippen LogP contribution in [0.2, 0.25) is 0 Å². The van der Waals surface area contributed by atoms with Gasteiger partial charge in [0.05, 0.1) is 12.2 Å². The van der Waals surface area contributed by atoms with E-state index >= 15 is 0 Å². The van der Waals surface area contributed by atoms with E-state index < -0.39 is 11.9 Å². The molecule has 0 spiro atoms. The number of carbonyl (C=O) groups excluding carboxylic acids is 2. The summed E-state index contributed by atoms with van der Waals surface area (Å²) in [7, 11) is 0. The molecule has 30 heavy (non-hydrogen) atoms. The Morgan fingerprint density at radius 1 is 1.03 bits per heavy atom. The molecule has 4 rings (SSSR count). The molecule has 0 unspecified atom stereocenters. The van der Waals surface area contributed by atoms with Crippen molar-refractivity contribution in [3.8, 4) is 5.75 Å². The van der Waals surface area contributed by atoms with Crippen LogP contribution >= 0.6 is 0 Å². The summed E-state index contributed by atoms with van der Waals surface area (Å²) in [6.07, 6.45) is 4.08. The average molecular weight is 409 g/mol.